The van der Waals surface area contributed by atoms with Gasteiger partial charge in [0.1, 0.15) is 5.82 Å². The lowest BCUT2D eigenvalue weighted by molar-refractivity contribution is 0.505. The highest BCUT2D eigenvalue weighted by Gasteiger charge is 2.14. The van der Waals surface area contributed by atoms with E-state index in [0.717, 1.165) is 18.7 Å². The zero-order valence-electron chi connectivity index (χ0n) is 7.17. The van der Waals surface area contributed by atoms with Crippen LogP contribution in [0.25, 0.3) is 0 Å². The third-order valence-electron chi connectivity index (χ3n) is 2.23. The summed E-state index contributed by atoms with van der Waals surface area (Å²) >= 11 is 0. The number of rotatable bonds is 0. The smallest absolute Gasteiger partial charge is 0.123 e. The number of fused-ring (bicyclic) bond motifs is 1. The molecule has 0 aliphatic carbocycles. The van der Waals surface area contributed by atoms with Gasteiger partial charge in [0.2, 0.25) is 0 Å². The van der Waals surface area contributed by atoms with Gasteiger partial charge in [-0.05, 0) is 18.6 Å². The zero-order valence-corrected chi connectivity index (χ0v) is 7.17. The summed E-state index contributed by atoms with van der Waals surface area (Å²) < 4.78 is 0. The van der Waals surface area contributed by atoms with E-state index in [1.54, 1.807) is 0 Å². The summed E-state index contributed by atoms with van der Waals surface area (Å²) in [5, 5.41) is 3.38. The van der Waals surface area contributed by atoms with Crippen molar-refractivity contribution in [2.75, 3.05) is 5.73 Å². The van der Waals surface area contributed by atoms with Crippen LogP contribution in [0.15, 0.2) is 12.1 Å². The Labute approximate surface area is 72.0 Å². The minimum Gasteiger partial charge on any atom is -0.384 e. The van der Waals surface area contributed by atoms with Gasteiger partial charge < -0.3 is 11.1 Å². The molecule has 64 valence electrons. The molecule has 1 unspecified atom stereocenters. The van der Waals surface area contributed by atoms with Crippen LogP contribution in [0.5, 0.6) is 0 Å². The molecule has 1 aromatic rings. The molecule has 1 atom stereocenters. The standard InChI is InChI=1S/C9H13N3/c1-6-4-8-7(5-11-6)2-3-9(10)12-8/h2-3,6,11H,4-5H2,1H3,(H2,10,12). The van der Waals surface area contributed by atoms with E-state index < -0.39 is 0 Å². The lowest BCUT2D eigenvalue weighted by atomic mass is 10.0. The third kappa shape index (κ3) is 1.28. The zero-order chi connectivity index (χ0) is 8.55. The van der Waals surface area contributed by atoms with Gasteiger partial charge in [-0.15, -0.1) is 0 Å². The predicted octanol–water partition coefficient (Wildman–Crippen LogP) is 0.698. The van der Waals surface area contributed by atoms with E-state index in [4.69, 9.17) is 5.73 Å². The van der Waals surface area contributed by atoms with Crippen molar-refractivity contribution in [2.24, 2.45) is 0 Å². The van der Waals surface area contributed by atoms with Crippen molar-refractivity contribution in [3.8, 4) is 0 Å². The Balaban J connectivity index is 2.37. The highest BCUT2D eigenvalue weighted by molar-refractivity contribution is 5.35. The van der Waals surface area contributed by atoms with Gasteiger partial charge in [-0.2, -0.15) is 0 Å². The number of hydrogen-bond acceptors (Lipinski definition) is 3. The van der Waals surface area contributed by atoms with Crippen molar-refractivity contribution >= 4 is 5.82 Å². The van der Waals surface area contributed by atoms with E-state index in [1.165, 1.54) is 5.56 Å². The van der Waals surface area contributed by atoms with Gasteiger partial charge in [-0.1, -0.05) is 6.07 Å². The summed E-state index contributed by atoms with van der Waals surface area (Å²) in [6, 6.07) is 4.43. The number of hydrogen-bond donors (Lipinski definition) is 2. The fourth-order valence-electron chi connectivity index (χ4n) is 1.53. The molecule has 2 rings (SSSR count). The summed E-state index contributed by atoms with van der Waals surface area (Å²) in [6.07, 6.45) is 0.986. The Morgan fingerprint density at radius 2 is 2.42 bits per heavy atom. The number of aromatic nitrogens is 1. The van der Waals surface area contributed by atoms with Crippen LogP contribution >= 0.6 is 0 Å². The average Bonchev–Trinajstić information content (AvgIpc) is 2.03. The summed E-state index contributed by atoms with van der Waals surface area (Å²) in [6.45, 7) is 3.08. The maximum Gasteiger partial charge on any atom is 0.123 e. The van der Waals surface area contributed by atoms with E-state index in [0.29, 0.717) is 11.9 Å². The fourth-order valence-corrected chi connectivity index (χ4v) is 1.53. The first kappa shape index (κ1) is 7.55. The molecule has 0 bridgehead atoms. The van der Waals surface area contributed by atoms with Crippen LogP contribution < -0.4 is 11.1 Å². The first-order valence-electron chi connectivity index (χ1n) is 4.23. The van der Waals surface area contributed by atoms with Crippen molar-refractivity contribution in [2.45, 2.75) is 25.9 Å². The van der Waals surface area contributed by atoms with Gasteiger partial charge in [0.15, 0.2) is 0 Å². The molecule has 1 aromatic heterocycles. The molecule has 0 saturated heterocycles. The SMILES string of the molecule is CC1Cc2nc(N)ccc2CN1. The highest BCUT2D eigenvalue weighted by Crippen LogP contribution is 2.15. The molecule has 12 heavy (non-hydrogen) atoms. The quantitative estimate of drug-likeness (QED) is 0.592. The van der Waals surface area contributed by atoms with E-state index in [-0.39, 0.29) is 0 Å². The molecule has 0 radical (unpaired) electrons. The highest BCUT2D eigenvalue weighted by atomic mass is 14.9. The van der Waals surface area contributed by atoms with Gasteiger partial charge in [0, 0.05) is 24.7 Å². The Hall–Kier alpha value is -1.09. The van der Waals surface area contributed by atoms with Crippen molar-refractivity contribution in [3.63, 3.8) is 0 Å². The van der Waals surface area contributed by atoms with Crippen LogP contribution in [0.2, 0.25) is 0 Å². The fraction of sp³-hybridized carbons (Fsp3) is 0.444. The van der Waals surface area contributed by atoms with Gasteiger partial charge in [-0.3, -0.25) is 0 Å². The number of nitrogens with zero attached hydrogens (tertiary/aromatic N) is 1. The first-order valence-corrected chi connectivity index (χ1v) is 4.23. The molecule has 0 amide bonds. The summed E-state index contributed by atoms with van der Waals surface area (Å²) in [5.74, 6) is 0.628. The summed E-state index contributed by atoms with van der Waals surface area (Å²) in [7, 11) is 0. The molecule has 3 heteroatoms. The van der Waals surface area contributed by atoms with Crippen LogP contribution in [0, 0.1) is 0 Å². The summed E-state index contributed by atoms with van der Waals surface area (Å²) in [5.41, 5.74) is 8.03. The molecular weight excluding hydrogens is 150 g/mol. The minimum atomic E-state index is 0.520. The molecule has 3 N–H and O–H groups in total. The average molecular weight is 163 g/mol. The molecule has 0 saturated carbocycles. The Bertz CT molecular complexity index is 296. The predicted molar refractivity (Wildman–Crippen MR) is 48.7 cm³/mol. The number of anilines is 1. The van der Waals surface area contributed by atoms with E-state index >= 15 is 0 Å². The lowest BCUT2D eigenvalue weighted by Crippen LogP contribution is -2.33. The van der Waals surface area contributed by atoms with Crippen LogP contribution in [0.3, 0.4) is 0 Å². The van der Waals surface area contributed by atoms with Crippen LogP contribution in [0.4, 0.5) is 5.82 Å². The van der Waals surface area contributed by atoms with Crippen LogP contribution in [-0.4, -0.2) is 11.0 Å². The first-order chi connectivity index (χ1) is 5.75. The Morgan fingerprint density at radius 3 is 3.25 bits per heavy atom. The summed E-state index contributed by atoms with van der Waals surface area (Å²) in [4.78, 5) is 4.30. The van der Waals surface area contributed by atoms with Gasteiger partial charge in [-0.25, -0.2) is 4.98 Å². The van der Waals surface area contributed by atoms with Gasteiger partial charge in [0.25, 0.3) is 0 Å². The van der Waals surface area contributed by atoms with Gasteiger partial charge in [0.05, 0.1) is 0 Å². The van der Waals surface area contributed by atoms with Crippen molar-refractivity contribution in [1.29, 1.82) is 0 Å². The number of pyridine rings is 1. The monoisotopic (exact) mass is 163 g/mol. The van der Waals surface area contributed by atoms with Crippen LogP contribution in [0.1, 0.15) is 18.2 Å². The Kier molecular flexibility index (Phi) is 1.73. The van der Waals surface area contributed by atoms with E-state index in [9.17, 15) is 0 Å². The number of nitrogen functional groups attached to an aromatic ring is 1. The second-order valence-corrected chi connectivity index (χ2v) is 3.33. The maximum atomic E-state index is 5.60. The molecular formula is C9H13N3. The van der Waals surface area contributed by atoms with Crippen molar-refractivity contribution in [3.05, 3.63) is 23.4 Å². The van der Waals surface area contributed by atoms with Crippen molar-refractivity contribution in [1.82, 2.24) is 10.3 Å². The Morgan fingerprint density at radius 1 is 1.58 bits per heavy atom. The third-order valence-corrected chi connectivity index (χ3v) is 2.23. The molecule has 0 fully saturated rings. The lowest BCUT2D eigenvalue weighted by Gasteiger charge is -2.22. The van der Waals surface area contributed by atoms with Gasteiger partial charge >= 0.3 is 0 Å². The molecule has 0 spiro atoms. The topological polar surface area (TPSA) is 50.9 Å². The molecule has 1 aliphatic rings. The van der Waals surface area contributed by atoms with E-state index in [1.807, 2.05) is 6.07 Å². The maximum absolute atomic E-state index is 5.60. The normalized spacial score (nSPS) is 21.9. The van der Waals surface area contributed by atoms with E-state index in [2.05, 4.69) is 23.3 Å². The second-order valence-electron chi connectivity index (χ2n) is 3.33. The number of nitrogens with one attached hydrogen (secondary N) is 1. The van der Waals surface area contributed by atoms with Crippen molar-refractivity contribution < 1.29 is 0 Å². The minimum absolute atomic E-state index is 0.520. The largest absolute Gasteiger partial charge is 0.384 e. The molecule has 0 aromatic carbocycles. The molecule has 2 heterocycles. The van der Waals surface area contributed by atoms with Crippen LogP contribution in [-0.2, 0) is 13.0 Å². The molecule has 3 nitrogen and oxygen atoms in total. The number of nitrogens with two attached hydrogens (primary N) is 1. The molecule has 1 aliphatic heterocycles. The second kappa shape index (κ2) is 2.75.